The molecule has 4 rings (SSSR count). The number of amides is 1. The molecule has 4 heterocycles. The Morgan fingerprint density at radius 1 is 1.38 bits per heavy atom. The number of β-lactam (4-membered cyclic amide) rings is 1. The maximum absolute atomic E-state index is 12.9. The van der Waals surface area contributed by atoms with Gasteiger partial charge in [-0.15, -0.1) is 16.9 Å². The van der Waals surface area contributed by atoms with Crippen LogP contribution in [0.15, 0.2) is 16.9 Å². The van der Waals surface area contributed by atoms with Crippen molar-refractivity contribution in [1.29, 1.82) is 0 Å². The number of thioether (sulfide) groups is 1. The number of carbonyl (C=O) groups excluding carboxylic acids is 2. The molecule has 4 atom stereocenters. The number of rotatable bonds is 9. The lowest BCUT2D eigenvalue weighted by atomic mass is 9.73. The maximum Gasteiger partial charge on any atom is 0.353 e. The Hall–Kier alpha value is -2.36. The number of tetrazole rings is 1. The predicted molar refractivity (Wildman–Crippen MR) is 111 cm³/mol. The van der Waals surface area contributed by atoms with Crippen molar-refractivity contribution in [3.05, 3.63) is 16.9 Å². The number of nitrogens with two attached hydrogens (primary N) is 1. The molecule has 0 bridgehead atoms. The van der Waals surface area contributed by atoms with Crippen LogP contribution in [-0.2, 0) is 31.1 Å². The number of hydrogen-bond acceptors (Lipinski definition) is 9. The van der Waals surface area contributed by atoms with E-state index in [-0.39, 0.29) is 66.6 Å². The fourth-order valence-electron chi connectivity index (χ4n) is 4.61. The molecule has 32 heavy (non-hydrogen) atoms. The number of aliphatic carboxylic acids is 1. The van der Waals surface area contributed by atoms with Crippen molar-refractivity contribution in [2.45, 2.75) is 38.1 Å². The van der Waals surface area contributed by atoms with E-state index in [9.17, 15) is 27.9 Å². The number of carboxylic acids is 1. The first-order valence-corrected chi connectivity index (χ1v) is 12.3. The standard InChI is InChI=1S/C17H23N7O6S2/c1-8(3-10(25)4-22-7-19-20-21-22)12-13-9(2)15(14(17(27)28)24(13)16(12)26)31-11-5-23(6-11)32(18,29)30/h7-9,11-13H,3-6H2,1-2H3,(H,27,28)(H2,18,29,30)/t8-,9+,12+,13+/m0/s1. The van der Waals surface area contributed by atoms with Gasteiger partial charge >= 0.3 is 5.97 Å². The third-order valence-corrected chi connectivity index (χ3v) is 8.62. The Morgan fingerprint density at radius 3 is 2.62 bits per heavy atom. The number of aromatic nitrogens is 4. The summed E-state index contributed by atoms with van der Waals surface area (Å²) in [6, 6.07) is -0.346. The first-order valence-electron chi connectivity index (χ1n) is 9.96. The minimum atomic E-state index is -3.77. The van der Waals surface area contributed by atoms with Crippen molar-refractivity contribution in [3.8, 4) is 0 Å². The summed E-state index contributed by atoms with van der Waals surface area (Å²) in [5.41, 5.74) is -0.0463. The fraction of sp³-hybridized carbons (Fsp3) is 0.647. The highest BCUT2D eigenvalue weighted by Gasteiger charge is 2.60. The second-order valence-corrected chi connectivity index (χ2v) is 11.2. The summed E-state index contributed by atoms with van der Waals surface area (Å²) in [4.78, 5) is 39.1. The van der Waals surface area contributed by atoms with E-state index in [4.69, 9.17) is 5.14 Å². The molecule has 0 aliphatic carbocycles. The molecule has 1 aromatic rings. The number of fused-ring (bicyclic) bond motifs is 1. The van der Waals surface area contributed by atoms with Gasteiger partial charge in [0.15, 0.2) is 5.78 Å². The Kier molecular flexibility index (Phi) is 5.85. The van der Waals surface area contributed by atoms with Gasteiger partial charge in [0.1, 0.15) is 18.6 Å². The van der Waals surface area contributed by atoms with E-state index >= 15 is 0 Å². The lowest BCUT2D eigenvalue weighted by molar-refractivity contribution is -0.160. The molecular formula is C17H23N7O6S2. The third kappa shape index (κ3) is 3.93. The number of hydrogen-bond donors (Lipinski definition) is 2. The average Bonchev–Trinajstić information content (AvgIpc) is 3.21. The van der Waals surface area contributed by atoms with E-state index in [0.29, 0.717) is 4.91 Å². The van der Waals surface area contributed by atoms with Crippen LogP contribution >= 0.6 is 11.8 Å². The van der Waals surface area contributed by atoms with Gasteiger partial charge in [-0.05, 0) is 16.3 Å². The monoisotopic (exact) mass is 485 g/mol. The summed E-state index contributed by atoms with van der Waals surface area (Å²) in [5.74, 6) is -2.63. The smallest absolute Gasteiger partial charge is 0.353 e. The van der Waals surface area contributed by atoms with Crippen LogP contribution in [-0.4, -0.2) is 85.0 Å². The average molecular weight is 486 g/mol. The molecule has 0 aromatic carbocycles. The number of ketones is 1. The molecule has 3 aliphatic heterocycles. The first kappa shape index (κ1) is 22.8. The van der Waals surface area contributed by atoms with Crippen molar-refractivity contribution in [1.82, 2.24) is 29.4 Å². The molecule has 1 aromatic heterocycles. The predicted octanol–water partition coefficient (Wildman–Crippen LogP) is -1.34. The van der Waals surface area contributed by atoms with Crippen LogP contribution in [0.1, 0.15) is 20.3 Å². The minimum absolute atomic E-state index is 0.00411. The molecule has 0 spiro atoms. The van der Waals surface area contributed by atoms with Gasteiger partial charge in [-0.2, -0.15) is 12.7 Å². The van der Waals surface area contributed by atoms with Crippen molar-refractivity contribution < 1.29 is 27.9 Å². The highest BCUT2D eigenvalue weighted by Crippen LogP contribution is 2.53. The Morgan fingerprint density at radius 2 is 2.06 bits per heavy atom. The summed E-state index contributed by atoms with van der Waals surface area (Å²) in [6.45, 7) is 4.06. The molecule has 2 saturated heterocycles. The Balaban J connectivity index is 1.44. The van der Waals surface area contributed by atoms with Crippen molar-refractivity contribution in [2.24, 2.45) is 22.9 Å². The van der Waals surface area contributed by atoms with Crippen LogP contribution < -0.4 is 5.14 Å². The molecule has 3 N–H and O–H groups in total. The molecule has 13 nitrogen and oxygen atoms in total. The minimum Gasteiger partial charge on any atom is -0.477 e. The number of carbonyl (C=O) groups is 3. The van der Waals surface area contributed by atoms with Gasteiger partial charge in [-0.3, -0.25) is 9.59 Å². The van der Waals surface area contributed by atoms with Gasteiger partial charge in [0.05, 0.1) is 12.0 Å². The van der Waals surface area contributed by atoms with Crippen LogP contribution in [0, 0.1) is 17.8 Å². The number of nitrogens with zero attached hydrogens (tertiary/aromatic N) is 6. The molecule has 0 radical (unpaired) electrons. The second kappa shape index (κ2) is 8.20. The zero-order valence-electron chi connectivity index (χ0n) is 17.4. The van der Waals surface area contributed by atoms with E-state index in [0.717, 1.165) is 4.31 Å². The molecular weight excluding hydrogens is 462 g/mol. The molecule has 174 valence electrons. The topological polar surface area (TPSA) is 182 Å². The molecule has 15 heteroatoms. The van der Waals surface area contributed by atoms with Crippen LogP contribution in [0.4, 0.5) is 0 Å². The van der Waals surface area contributed by atoms with Gasteiger partial charge in [0.2, 0.25) is 5.91 Å². The molecule has 0 saturated carbocycles. The van der Waals surface area contributed by atoms with E-state index < -0.39 is 22.1 Å². The normalized spacial score (nSPS) is 27.2. The zero-order chi connectivity index (χ0) is 23.4. The van der Waals surface area contributed by atoms with Crippen LogP contribution in [0.3, 0.4) is 0 Å². The van der Waals surface area contributed by atoms with Gasteiger partial charge in [-0.25, -0.2) is 14.6 Å². The lowest BCUT2D eigenvalue weighted by Crippen LogP contribution is -2.62. The number of carboxylic acid groups (broad SMARTS) is 1. The molecule has 3 aliphatic rings. The van der Waals surface area contributed by atoms with Gasteiger partial charge < -0.3 is 10.0 Å². The summed E-state index contributed by atoms with van der Waals surface area (Å²) in [5, 5.41) is 25.4. The van der Waals surface area contributed by atoms with Crippen LogP contribution in [0.2, 0.25) is 0 Å². The van der Waals surface area contributed by atoms with Crippen LogP contribution in [0.25, 0.3) is 0 Å². The second-order valence-electron chi connectivity index (χ2n) is 8.36. The number of Topliss-reactive ketones (excluding diaryl/α,β-unsaturated/α-hetero) is 1. The lowest BCUT2D eigenvalue weighted by Gasteiger charge is -2.47. The molecule has 2 fully saturated rings. The fourth-order valence-corrected chi connectivity index (χ4v) is 7.10. The summed E-state index contributed by atoms with van der Waals surface area (Å²) >= 11 is 1.29. The first-order chi connectivity index (χ1) is 15.0. The van der Waals surface area contributed by atoms with Crippen molar-refractivity contribution in [2.75, 3.05) is 13.1 Å². The summed E-state index contributed by atoms with van der Waals surface area (Å²) < 4.78 is 25.2. The highest BCUT2D eigenvalue weighted by molar-refractivity contribution is 8.04. The third-order valence-electron chi connectivity index (χ3n) is 6.15. The summed E-state index contributed by atoms with van der Waals surface area (Å²) in [6.07, 6.45) is 1.48. The van der Waals surface area contributed by atoms with Gasteiger partial charge in [0.25, 0.3) is 10.2 Å². The van der Waals surface area contributed by atoms with Crippen LogP contribution in [0.5, 0.6) is 0 Å². The maximum atomic E-state index is 12.9. The van der Waals surface area contributed by atoms with Crippen molar-refractivity contribution >= 4 is 39.6 Å². The van der Waals surface area contributed by atoms with E-state index in [1.165, 1.54) is 27.7 Å². The Labute approximate surface area is 188 Å². The molecule has 1 amide bonds. The van der Waals surface area contributed by atoms with E-state index in [2.05, 4.69) is 15.5 Å². The molecule has 0 unspecified atom stereocenters. The summed E-state index contributed by atoms with van der Waals surface area (Å²) in [7, 11) is -3.77. The van der Waals surface area contributed by atoms with E-state index in [1.54, 1.807) is 0 Å². The Bertz CT molecular complexity index is 1080. The zero-order valence-corrected chi connectivity index (χ0v) is 19.0. The highest BCUT2D eigenvalue weighted by atomic mass is 32.2. The van der Waals surface area contributed by atoms with Gasteiger partial charge in [0, 0.05) is 35.6 Å². The largest absolute Gasteiger partial charge is 0.477 e. The SMILES string of the molecule is C[C@@H](CC(=O)Cn1cnnn1)[C@H]1C(=O)N2C(C(=O)O)=C(SC3CN(S(N)(=O)=O)C3)[C@H](C)[C@H]12. The van der Waals surface area contributed by atoms with Crippen molar-refractivity contribution in [3.63, 3.8) is 0 Å². The van der Waals surface area contributed by atoms with Gasteiger partial charge in [-0.1, -0.05) is 13.8 Å². The van der Waals surface area contributed by atoms with E-state index in [1.807, 2.05) is 13.8 Å². The quantitative estimate of drug-likeness (QED) is 0.397.